The van der Waals surface area contributed by atoms with E-state index in [1.807, 2.05) is 6.07 Å². The van der Waals surface area contributed by atoms with E-state index in [0.717, 1.165) is 36.2 Å². The van der Waals surface area contributed by atoms with Crippen LogP contribution in [-0.4, -0.2) is 30.8 Å². The lowest BCUT2D eigenvalue weighted by molar-refractivity contribution is -0.206. The highest BCUT2D eigenvalue weighted by atomic mass is 32.1. The summed E-state index contributed by atoms with van der Waals surface area (Å²) in [6.07, 6.45) is -2.70. The average Bonchev–Trinajstić information content (AvgIpc) is 3.09. The maximum atomic E-state index is 14.3. The second-order valence-corrected chi connectivity index (χ2v) is 8.21. The van der Waals surface area contributed by atoms with Crippen LogP contribution in [0.1, 0.15) is 34.4 Å². The highest BCUT2D eigenvalue weighted by Gasteiger charge is 2.64. The number of halogens is 3. The molecule has 0 saturated heterocycles. The highest BCUT2D eigenvalue weighted by Crippen LogP contribution is 2.41. The van der Waals surface area contributed by atoms with Crippen molar-refractivity contribution in [3.8, 4) is 6.07 Å². The third-order valence-electron chi connectivity index (χ3n) is 5.04. The largest absolute Gasteiger partial charge is 0.466 e. The van der Waals surface area contributed by atoms with E-state index in [2.05, 4.69) is 10.1 Å². The van der Waals surface area contributed by atoms with Gasteiger partial charge in [0.2, 0.25) is 5.91 Å². The molecule has 2 N–H and O–H groups in total. The van der Waals surface area contributed by atoms with Crippen LogP contribution in [0.15, 0.2) is 30.3 Å². The minimum Gasteiger partial charge on any atom is -0.466 e. The number of nitrogens with one attached hydrogen (secondary N) is 2. The van der Waals surface area contributed by atoms with Gasteiger partial charge in [-0.1, -0.05) is 30.3 Å². The number of aryl methyl sites for hydroxylation is 1. The summed E-state index contributed by atoms with van der Waals surface area (Å²) >= 11 is 0.996. The molecule has 0 fully saturated rings. The molecule has 164 valence electrons. The second-order valence-electron chi connectivity index (χ2n) is 7.10. The van der Waals surface area contributed by atoms with E-state index >= 15 is 0 Å². The van der Waals surface area contributed by atoms with Gasteiger partial charge in [-0.15, -0.1) is 11.3 Å². The number of methoxy groups -OCH3 is 1. The van der Waals surface area contributed by atoms with Gasteiger partial charge in [-0.3, -0.25) is 4.79 Å². The summed E-state index contributed by atoms with van der Waals surface area (Å²) in [6, 6.07) is 10.1. The smallest absolute Gasteiger partial charge is 0.441 e. The van der Waals surface area contributed by atoms with Gasteiger partial charge in [0.05, 0.1) is 19.1 Å². The SMILES string of the molecule is COC(=O)[C@](NC(=O)Cc1ccccc1)(Nc1sc2c(c1C#N)CCCC2)C(F)(F)F. The van der Waals surface area contributed by atoms with Crippen molar-refractivity contribution in [1.29, 1.82) is 5.26 Å². The van der Waals surface area contributed by atoms with Crippen LogP contribution < -0.4 is 10.6 Å². The van der Waals surface area contributed by atoms with Crippen molar-refractivity contribution < 1.29 is 27.5 Å². The first-order valence-corrected chi connectivity index (χ1v) is 10.4. The van der Waals surface area contributed by atoms with Crippen LogP contribution in [0.25, 0.3) is 0 Å². The summed E-state index contributed by atoms with van der Waals surface area (Å²) in [5.74, 6) is -2.75. The first-order valence-electron chi connectivity index (χ1n) is 9.54. The maximum Gasteiger partial charge on any atom is 0.441 e. The molecule has 3 rings (SSSR count). The number of nitrogens with zero attached hydrogens (tertiary/aromatic N) is 1. The predicted octanol–water partition coefficient (Wildman–Crippen LogP) is 3.70. The summed E-state index contributed by atoms with van der Waals surface area (Å²) in [6.45, 7) is 0. The fraction of sp³-hybridized carbons (Fsp3) is 0.381. The molecule has 0 unspecified atom stereocenters. The number of fused-ring (bicyclic) bond motifs is 1. The van der Waals surface area contributed by atoms with Gasteiger partial charge in [-0.05, 0) is 36.8 Å². The average molecular weight is 451 g/mol. The Morgan fingerprint density at radius 2 is 1.87 bits per heavy atom. The molecule has 10 heteroatoms. The molecule has 1 aliphatic carbocycles. The van der Waals surface area contributed by atoms with Crippen molar-refractivity contribution >= 4 is 28.2 Å². The Balaban J connectivity index is 2.01. The highest BCUT2D eigenvalue weighted by molar-refractivity contribution is 7.16. The fourth-order valence-electron chi connectivity index (χ4n) is 3.52. The topological polar surface area (TPSA) is 91.2 Å². The van der Waals surface area contributed by atoms with E-state index in [1.54, 1.807) is 35.6 Å². The molecule has 1 aliphatic rings. The standard InChI is InChI=1S/C21H20F3N3O3S/c1-30-19(29)20(21(22,23)24,26-17(28)11-13-7-3-2-4-8-13)27-18-15(12-25)14-9-5-6-10-16(14)31-18/h2-4,7-8,27H,5-6,9-11H2,1H3,(H,26,28)/t20-/m0/s1. The number of amides is 1. The van der Waals surface area contributed by atoms with Crippen LogP contribution in [0.2, 0.25) is 0 Å². The number of ether oxygens (including phenoxy) is 1. The number of nitriles is 1. The van der Waals surface area contributed by atoms with Crippen molar-refractivity contribution in [3.63, 3.8) is 0 Å². The minimum absolute atomic E-state index is 0.0644. The van der Waals surface area contributed by atoms with E-state index in [4.69, 9.17) is 0 Å². The molecular weight excluding hydrogens is 431 g/mol. The third kappa shape index (κ3) is 4.51. The van der Waals surface area contributed by atoms with Crippen LogP contribution >= 0.6 is 11.3 Å². The van der Waals surface area contributed by atoms with Crippen LogP contribution in [-0.2, 0) is 33.6 Å². The lowest BCUT2D eigenvalue weighted by Gasteiger charge is -2.34. The molecule has 1 amide bonds. The molecule has 0 aliphatic heterocycles. The number of anilines is 1. The van der Waals surface area contributed by atoms with Crippen molar-refractivity contribution in [3.05, 3.63) is 51.9 Å². The Labute approximate surface area is 181 Å². The predicted molar refractivity (Wildman–Crippen MR) is 108 cm³/mol. The molecule has 6 nitrogen and oxygen atoms in total. The number of carbonyl (C=O) groups excluding carboxylic acids is 2. The van der Waals surface area contributed by atoms with Gasteiger partial charge in [0.15, 0.2) is 0 Å². The van der Waals surface area contributed by atoms with E-state index in [9.17, 15) is 28.0 Å². The summed E-state index contributed by atoms with van der Waals surface area (Å²) in [5.41, 5.74) is -2.30. The molecular formula is C21H20F3N3O3S. The summed E-state index contributed by atoms with van der Waals surface area (Å²) < 4.78 is 47.2. The first kappa shape index (κ1) is 22.6. The molecule has 1 aromatic heterocycles. The number of rotatable bonds is 6. The molecule has 0 bridgehead atoms. The quantitative estimate of drug-likeness (QED) is 0.516. The molecule has 0 radical (unpaired) electrons. The number of hydrogen-bond donors (Lipinski definition) is 2. The Bertz CT molecular complexity index is 1010. The van der Waals surface area contributed by atoms with Crippen LogP contribution in [0, 0.1) is 11.3 Å². The van der Waals surface area contributed by atoms with Crippen LogP contribution in [0.4, 0.5) is 18.2 Å². The second kappa shape index (κ2) is 8.98. The Morgan fingerprint density at radius 3 is 2.48 bits per heavy atom. The van der Waals surface area contributed by atoms with E-state index in [1.165, 1.54) is 0 Å². The van der Waals surface area contributed by atoms with Gasteiger partial charge in [-0.2, -0.15) is 18.4 Å². The Kier molecular flexibility index (Phi) is 6.55. The maximum absolute atomic E-state index is 14.3. The first-order chi connectivity index (χ1) is 14.7. The molecule has 31 heavy (non-hydrogen) atoms. The molecule has 0 saturated carbocycles. The zero-order chi connectivity index (χ0) is 22.6. The zero-order valence-electron chi connectivity index (χ0n) is 16.6. The number of carbonyl (C=O) groups is 2. The monoisotopic (exact) mass is 451 g/mol. The summed E-state index contributed by atoms with van der Waals surface area (Å²) in [5, 5.41) is 13.4. The number of esters is 1. The normalized spacial score (nSPS) is 15.2. The van der Waals surface area contributed by atoms with Gasteiger partial charge in [0.25, 0.3) is 0 Å². The lowest BCUT2D eigenvalue weighted by Crippen LogP contribution is -2.69. The molecule has 1 aromatic carbocycles. The van der Waals surface area contributed by atoms with E-state index in [-0.39, 0.29) is 17.0 Å². The van der Waals surface area contributed by atoms with E-state index < -0.39 is 23.7 Å². The molecule has 0 spiro atoms. The van der Waals surface area contributed by atoms with E-state index in [0.29, 0.717) is 24.0 Å². The molecule has 2 aromatic rings. The summed E-state index contributed by atoms with van der Waals surface area (Å²) in [7, 11) is 0.804. The molecule has 1 heterocycles. The molecule has 1 atom stereocenters. The Hall–Kier alpha value is -3.06. The zero-order valence-corrected chi connectivity index (χ0v) is 17.5. The van der Waals surface area contributed by atoms with Gasteiger partial charge in [0, 0.05) is 4.88 Å². The number of benzene rings is 1. The van der Waals surface area contributed by atoms with Crippen molar-refractivity contribution in [2.45, 2.75) is 43.9 Å². The lowest BCUT2D eigenvalue weighted by atomic mass is 9.96. The van der Waals surface area contributed by atoms with Gasteiger partial charge >= 0.3 is 17.8 Å². The number of alkyl halides is 3. The van der Waals surface area contributed by atoms with Crippen molar-refractivity contribution in [1.82, 2.24) is 5.32 Å². The fourth-order valence-corrected chi connectivity index (χ4v) is 4.82. The summed E-state index contributed by atoms with van der Waals surface area (Å²) in [4.78, 5) is 25.7. The van der Waals surface area contributed by atoms with Gasteiger partial charge in [-0.25, -0.2) is 4.79 Å². The minimum atomic E-state index is -5.25. The van der Waals surface area contributed by atoms with Gasteiger partial charge < -0.3 is 15.4 Å². The van der Waals surface area contributed by atoms with Crippen molar-refractivity contribution in [2.24, 2.45) is 0 Å². The number of thiophene rings is 1. The van der Waals surface area contributed by atoms with Crippen LogP contribution in [0.3, 0.4) is 0 Å². The van der Waals surface area contributed by atoms with Crippen molar-refractivity contribution in [2.75, 3.05) is 12.4 Å². The third-order valence-corrected chi connectivity index (χ3v) is 6.24. The number of hydrogen-bond acceptors (Lipinski definition) is 6. The van der Waals surface area contributed by atoms with Crippen LogP contribution in [0.5, 0.6) is 0 Å². The van der Waals surface area contributed by atoms with Gasteiger partial charge in [0.1, 0.15) is 11.1 Å². The Morgan fingerprint density at radius 1 is 1.19 bits per heavy atom.